The fourth-order valence-electron chi connectivity index (χ4n) is 1.26. The van der Waals surface area contributed by atoms with Crippen LogP contribution in [0.4, 0.5) is 0 Å². The minimum absolute atomic E-state index is 0.365. The van der Waals surface area contributed by atoms with Crippen molar-refractivity contribution in [2.24, 2.45) is 0 Å². The summed E-state index contributed by atoms with van der Waals surface area (Å²) in [5.41, 5.74) is 0.365. The molecule has 92 valence electrons. The minimum atomic E-state index is -1.12. The van der Waals surface area contributed by atoms with Crippen molar-refractivity contribution in [1.82, 2.24) is 10.3 Å². The molecule has 1 atom stereocenters. The first-order chi connectivity index (χ1) is 7.82. The second-order valence-electron chi connectivity index (χ2n) is 4.13. The highest BCUT2D eigenvalue weighted by atomic mass is 32.1. The van der Waals surface area contributed by atoms with Crippen molar-refractivity contribution in [3.05, 3.63) is 30.1 Å². The van der Waals surface area contributed by atoms with Crippen molar-refractivity contribution in [3.8, 4) is 0 Å². The molecule has 5 nitrogen and oxygen atoms in total. The molecule has 0 saturated heterocycles. The lowest BCUT2D eigenvalue weighted by molar-refractivity contribution is -0.139. The van der Waals surface area contributed by atoms with Crippen LogP contribution in [0.15, 0.2) is 24.5 Å². The van der Waals surface area contributed by atoms with Crippen molar-refractivity contribution in [3.63, 3.8) is 0 Å². The second kappa shape index (κ2) is 5.18. The van der Waals surface area contributed by atoms with E-state index < -0.39 is 22.7 Å². The van der Waals surface area contributed by atoms with Crippen LogP contribution >= 0.6 is 12.6 Å². The average molecular weight is 254 g/mol. The molecule has 1 amide bonds. The predicted molar refractivity (Wildman–Crippen MR) is 66.2 cm³/mol. The summed E-state index contributed by atoms with van der Waals surface area (Å²) in [4.78, 5) is 26.6. The van der Waals surface area contributed by atoms with Crippen LogP contribution < -0.4 is 5.32 Å². The molecule has 0 saturated carbocycles. The van der Waals surface area contributed by atoms with Gasteiger partial charge in [0.25, 0.3) is 5.91 Å². The number of pyridine rings is 1. The first kappa shape index (κ1) is 13.5. The van der Waals surface area contributed by atoms with Crippen molar-refractivity contribution >= 4 is 24.5 Å². The number of hydrogen-bond acceptors (Lipinski definition) is 4. The van der Waals surface area contributed by atoms with Gasteiger partial charge in [-0.1, -0.05) is 0 Å². The zero-order chi connectivity index (χ0) is 13.1. The number of carbonyl (C=O) groups excluding carboxylic acids is 1. The Morgan fingerprint density at radius 2 is 1.94 bits per heavy atom. The van der Waals surface area contributed by atoms with Crippen LogP contribution in [0.25, 0.3) is 0 Å². The number of carbonyl (C=O) groups is 2. The number of nitrogens with one attached hydrogen (secondary N) is 1. The molecule has 0 aliphatic carbocycles. The number of carboxylic acids is 1. The smallest absolute Gasteiger partial charge is 0.327 e. The fourth-order valence-corrected chi connectivity index (χ4v) is 1.43. The van der Waals surface area contributed by atoms with Gasteiger partial charge in [0, 0.05) is 22.7 Å². The maximum Gasteiger partial charge on any atom is 0.327 e. The summed E-state index contributed by atoms with van der Waals surface area (Å²) in [5, 5.41) is 11.5. The molecule has 0 radical (unpaired) electrons. The van der Waals surface area contributed by atoms with Gasteiger partial charge in [-0.25, -0.2) is 4.79 Å². The summed E-state index contributed by atoms with van der Waals surface area (Å²) in [7, 11) is 0. The van der Waals surface area contributed by atoms with Gasteiger partial charge in [-0.15, -0.1) is 0 Å². The van der Waals surface area contributed by atoms with Crippen LogP contribution in [0.5, 0.6) is 0 Å². The SMILES string of the molecule is CC(C)(S)C(NC(=O)c1ccncc1)C(=O)O. The molecular weight excluding hydrogens is 240 g/mol. The summed E-state index contributed by atoms with van der Waals surface area (Å²) in [5.74, 6) is -1.57. The highest BCUT2D eigenvalue weighted by Gasteiger charge is 2.33. The fraction of sp³-hybridized carbons (Fsp3) is 0.364. The van der Waals surface area contributed by atoms with Crippen LogP contribution in [0.3, 0.4) is 0 Å². The Morgan fingerprint density at radius 3 is 2.35 bits per heavy atom. The van der Waals surface area contributed by atoms with E-state index in [0.29, 0.717) is 5.56 Å². The van der Waals surface area contributed by atoms with Crippen LogP contribution in [0, 0.1) is 0 Å². The summed E-state index contributed by atoms with van der Waals surface area (Å²) in [6.07, 6.45) is 2.94. The molecule has 0 aromatic carbocycles. The van der Waals surface area contributed by atoms with E-state index in [2.05, 4.69) is 22.9 Å². The van der Waals surface area contributed by atoms with Gasteiger partial charge in [0.05, 0.1) is 0 Å². The molecule has 6 heteroatoms. The first-order valence-corrected chi connectivity index (χ1v) is 5.43. The van der Waals surface area contributed by atoms with Gasteiger partial charge in [0.15, 0.2) is 0 Å². The molecule has 1 rings (SSSR count). The maximum absolute atomic E-state index is 11.8. The highest BCUT2D eigenvalue weighted by Crippen LogP contribution is 2.18. The summed E-state index contributed by atoms with van der Waals surface area (Å²) < 4.78 is -0.853. The van der Waals surface area contributed by atoms with E-state index in [1.165, 1.54) is 24.5 Å². The zero-order valence-corrected chi connectivity index (χ0v) is 10.4. The Balaban J connectivity index is 2.83. The molecule has 0 bridgehead atoms. The van der Waals surface area contributed by atoms with Gasteiger partial charge < -0.3 is 10.4 Å². The lowest BCUT2D eigenvalue weighted by Crippen LogP contribution is -2.51. The summed E-state index contributed by atoms with van der Waals surface area (Å²) >= 11 is 4.17. The lowest BCUT2D eigenvalue weighted by Gasteiger charge is -2.26. The molecule has 0 aliphatic rings. The van der Waals surface area contributed by atoms with Crippen molar-refractivity contribution in [2.75, 3.05) is 0 Å². The largest absolute Gasteiger partial charge is 0.480 e. The Labute approximate surface area is 105 Å². The number of hydrogen-bond donors (Lipinski definition) is 3. The monoisotopic (exact) mass is 254 g/mol. The topological polar surface area (TPSA) is 79.3 Å². The van der Waals surface area contributed by atoms with Gasteiger partial charge in [-0.3, -0.25) is 9.78 Å². The number of thiol groups is 1. The molecule has 0 spiro atoms. The lowest BCUT2D eigenvalue weighted by atomic mass is 10.0. The molecular formula is C11H14N2O3S. The number of aliphatic carboxylic acids is 1. The van der Waals surface area contributed by atoms with E-state index in [1.807, 2.05) is 0 Å². The van der Waals surface area contributed by atoms with Crippen LogP contribution in [-0.4, -0.2) is 32.8 Å². The van der Waals surface area contributed by atoms with E-state index in [9.17, 15) is 9.59 Å². The minimum Gasteiger partial charge on any atom is -0.480 e. The van der Waals surface area contributed by atoms with Crippen LogP contribution in [0.2, 0.25) is 0 Å². The number of aromatic nitrogens is 1. The molecule has 0 aliphatic heterocycles. The van der Waals surface area contributed by atoms with E-state index in [-0.39, 0.29) is 0 Å². The average Bonchev–Trinajstić information content (AvgIpc) is 2.24. The quantitative estimate of drug-likeness (QED) is 0.700. The number of rotatable bonds is 4. The maximum atomic E-state index is 11.8. The second-order valence-corrected chi connectivity index (χ2v) is 5.29. The van der Waals surface area contributed by atoms with Crippen LogP contribution in [0.1, 0.15) is 24.2 Å². The third kappa shape index (κ3) is 3.74. The van der Waals surface area contributed by atoms with Gasteiger partial charge in [-0.05, 0) is 26.0 Å². The summed E-state index contributed by atoms with van der Waals surface area (Å²) in [6.45, 7) is 3.25. The van der Waals surface area contributed by atoms with Crippen molar-refractivity contribution in [2.45, 2.75) is 24.6 Å². The molecule has 1 aromatic heterocycles. The molecule has 0 fully saturated rings. The Kier molecular flexibility index (Phi) is 4.11. The third-order valence-electron chi connectivity index (χ3n) is 2.17. The van der Waals surface area contributed by atoms with Gasteiger partial charge >= 0.3 is 5.97 Å². The van der Waals surface area contributed by atoms with Gasteiger partial charge in [0.2, 0.25) is 0 Å². The molecule has 1 unspecified atom stereocenters. The van der Waals surface area contributed by atoms with Gasteiger partial charge in [0.1, 0.15) is 6.04 Å². The Morgan fingerprint density at radius 1 is 1.41 bits per heavy atom. The summed E-state index contributed by atoms with van der Waals surface area (Å²) in [6, 6.07) is 1.96. The zero-order valence-electron chi connectivity index (χ0n) is 9.54. The van der Waals surface area contributed by atoms with Crippen molar-refractivity contribution < 1.29 is 14.7 Å². The molecule has 17 heavy (non-hydrogen) atoms. The Bertz CT molecular complexity index is 414. The van der Waals surface area contributed by atoms with E-state index in [4.69, 9.17) is 5.11 Å². The third-order valence-corrected chi connectivity index (χ3v) is 2.43. The number of amides is 1. The van der Waals surface area contributed by atoms with E-state index in [0.717, 1.165) is 0 Å². The van der Waals surface area contributed by atoms with Crippen LogP contribution in [-0.2, 0) is 4.79 Å². The van der Waals surface area contributed by atoms with Gasteiger partial charge in [-0.2, -0.15) is 12.6 Å². The normalized spacial score (nSPS) is 12.9. The predicted octanol–water partition coefficient (Wildman–Crippen LogP) is 0.973. The van der Waals surface area contributed by atoms with E-state index in [1.54, 1.807) is 13.8 Å². The molecule has 2 N–H and O–H groups in total. The molecule has 1 heterocycles. The highest BCUT2D eigenvalue weighted by molar-refractivity contribution is 7.81. The number of carboxylic acid groups (broad SMARTS) is 1. The Hall–Kier alpha value is -1.56. The number of nitrogens with zero attached hydrogens (tertiary/aromatic N) is 1. The standard InChI is InChI=1S/C11H14N2O3S/c1-11(2,17)8(10(15)16)13-9(14)7-3-5-12-6-4-7/h3-6,8,17H,1-2H3,(H,13,14)(H,15,16). The van der Waals surface area contributed by atoms with E-state index >= 15 is 0 Å². The first-order valence-electron chi connectivity index (χ1n) is 4.98. The van der Waals surface area contributed by atoms with Crippen molar-refractivity contribution in [1.29, 1.82) is 0 Å². The molecule has 1 aromatic rings.